The van der Waals surface area contributed by atoms with E-state index in [1.807, 2.05) is 11.6 Å². The first-order valence-electron chi connectivity index (χ1n) is 7.52. The minimum atomic E-state index is -4.10. The maximum Gasteiger partial charge on any atom is 0.261 e. The summed E-state index contributed by atoms with van der Waals surface area (Å²) in [5.41, 5.74) is 1.03. The van der Waals surface area contributed by atoms with E-state index in [-0.39, 0.29) is 16.3 Å². The maximum absolute atomic E-state index is 14.3. The number of halogens is 1. The largest absolute Gasteiger partial charge is 0.376 e. The molecule has 2 N–H and O–H groups in total. The number of nitrogens with zero attached hydrogens (tertiary/aromatic N) is 1. The number of hydrogen-bond donors (Lipinski definition) is 2. The molecule has 0 amide bonds. The van der Waals surface area contributed by atoms with Crippen LogP contribution in [-0.4, -0.2) is 38.0 Å². The second-order valence-electron chi connectivity index (χ2n) is 5.82. The lowest BCUT2D eigenvalue weighted by Gasteiger charge is -2.20. The van der Waals surface area contributed by atoms with Gasteiger partial charge in [-0.05, 0) is 32.2 Å². The van der Waals surface area contributed by atoms with Gasteiger partial charge >= 0.3 is 0 Å². The summed E-state index contributed by atoms with van der Waals surface area (Å²) in [5, 5.41) is 0. The van der Waals surface area contributed by atoms with Crippen LogP contribution in [0.15, 0.2) is 46.2 Å². The third-order valence-electron chi connectivity index (χ3n) is 3.67. The number of sulfonamides is 2. The molecule has 0 spiro atoms. The standard InChI is InChI=1S/C16H20FN3O4S2/c1-11-5-7-12(8-6-11)25(21,22)19-14-10-16(26(23,24)18-2)13(17)9-15(14)20(3)4/h5-10,18-19H,1-4H3. The summed E-state index contributed by atoms with van der Waals surface area (Å²) in [6.45, 7) is 1.82. The van der Waals surface area contributed by atoms with Crippen molar-refractivity contribution in [3.8, 4) is 0 Å². The number of anilines is 2. The zero-order chi connectivity index (χ0) is 19.7. The second kappa shape index (κ2) is 7.22. The van der Waals surface area contributed by atoms with E-state index in [1.165, 1.54) is 17.0 Å². The Morgan fingerprint density at radius 3 is 2.04 bits per heavy atom. The van der Waals surface area contributed by atoms with Crippen LogP contribution in [-0.2, 0) is 20.0 Å². The smallest absolute Gasteiger partial charge is 0.261 e. The molecule has 2 aromatic carbocycles. The van der Waals surface area contributed by atoms with Crippen molar-refractivity contribution < 1.29 is 21.2 Å². The quantitative estimate of drug-likeness (QED) is 0.771. The molecule has 0 aliphatic heterocycles. The van der Waals surface area contributed by atoms with Crippen LogP contribution in [0.25, 0.3) is 0 Å². The fourth-order valence-corrected chi connectivity index (χ4v) is 4.11. The van der Waals surface area contributed by atoms with Gasteiger partial charge in [0.05, 0.1) is 16.3 Å². The van der Waals surface area contributed by atoms with Gasteiger partial charge in [0.2, 0.25) is 10.0 Å². The summed E-state index contributed by atoms with van der Waals surface area (Å²) in [5.74, 6) is -0.985. The van der Waals surface area contributed by atoms with Gasteiger partial charge in [-0.2, -0.15) is 0 Å². The van der Waals surface area contributed by atoms with Crippen LogP contribution in [0.2, 0.25) is 0 Å². The van der Waals surface area contributed by atoms with E-state index in [1.54, 1.807) is 26.2 Å². The van der Waals surface area contributed by atoms with E-state index >= 15 is 0 Å². The average Bonchev–Trinajstić information content (AvgIpc) is 2.56. The van der Waals surface area contributed by atoms with Gasteiger partial charge in [-0.25, -0.2) is 25.9 Å². The van der Waals surface area contributed by atoms with Crippen LogP contribution < -0.4 is 14.3 Å². The molecule has 2 rings (SSSR count). The molecular weight excluding hydrogens is 381 g/mol. The van der Waals surface area contributed by atoms with Gasteiger partial charge in [-0.1, -0.05) is 17.7 Å². The van der Waals surface area contributed by atoms with Crippen LogP contribution in [0.4, 0.5) is 15.8 Å². The Kier molecular flexibility index (Phi) is 5.59. The summed E-state index contributed by atoms with van der Waals surface area (Å²) < 4.78 is 67.8. The third-order valence-corrected chi connectivity index (χ3v) is 6.48. The summed E-state index contributed by atoms with van der Waals surface area (Å²) in [7, 11) is -3.76. The molecule has 2 aromatic rings. The molecule has 0 radical (unpaired) electrons. The molecule has 0 fully saturated rings. The highest BCUT2D eigenvalue weighted by atomic mass is 32.2. The van der Waals surface area contributed by atoms with Crippen LogP contribution >= 0.6 is 0 Å². The van der Waals surface area contributed by atoms with E-state index in [0.717, 1.165) is 24.7 Å². The third kappa shape index (κ3) is 4.14. The van der Waals surface area contributed by atoms with Crippen LogP contribution in [0.5, 0.6) is 0 Å². The average molecular weight is 401 g/mol. The van der Waals surface area contributed by atoms with Crippen LogP contribution in [0.1, 0.15) is 5.56 Å². The molecule has 7 nitrogen and oxygen atoms in total. The molecular formula is C16H20FN3O4S2. The first kappa shape index (κ1) is 20.1. The number of hydrogen-bond acceptors (Lipinski definition) is 5. The predicted octanol–water partition coefficient (Wildman–Crippen LogP) is 1.91. The van der Waals surface area contributed by atoms with Crippen molar-refractivity contribution in [2.24, 2.45) is 0 Å². The van der Waals surface area contributed by atoms with Crippen molar-refractivity contribution in [3.05, 3.63) is 47.8 Å². The lowest BCUT2D eigenvalue weighted by atomic mass is 10.2. The van der Waals surface area contributed by atoms with Crippen molar-refractivity contribution in [2.75, 3.05) is 30.8 Å². The molecule has 0 saturated heterocycles. The Bertz CT molecular complexity index is 1020. The zero-order valence-corrected chi connectivity index (χ0v) is 16.4. The number of rotatable bonds is 6. The van der Waals surface area contributed by atoms with Gasteiger partial charge in [0, 0.05) is 20.2 Å². The Morgan fingerprint density at radius 1 is 0.962 bits per heavy atom. The van der Waals surface area contributed by atoms with Crippen molar-refractivity contribution in [2.45, 2.75) is 16.7 Å². The molecule has 0 bridgehead atoms. The molecule has 10 heteroatoms. The highest BCUT2D eigenvalue weighted by Gasteiger charge is 2.23. The topological polar surface area (TPSA) is 95.6 Å². The second-order valence-corrected chi connectivity index (χ2v) is 9.36. The summed E-state index contributed by atoms with van der Waals surface area (Å²) in [6.07, 6.45) is 0. The van der Waals surface area contributed by atoms with E-state index in [0.29, 0.717) is 0 Å². The summed E-state index contributed by atoms with van der Waals surface area (Å²) >= 11 is 0. The molecule has 0 atom stereocenters. The number of benzene rings is 2. The molecule has 142 valence electrons. The van der Waals surface area contributed by atoms with Crippen LogP contribution in [0, 0.1) is 12.7 Å². The van der Waals surface area contributed by atoms with E-state index < -0.39 is 30.8 Å². The first-order valence-corrected chi connectivity index (χ1v) is 10.5. The Hall–Kier alpha value is -2.17. The fraction of sp³-hybridized carbons (Fsp3) is 0.250. The lowest BCUT2D eigenvalue weighted by Crippen LogP contribution is -2.22. The molecule has 0 aliphatic carbocycles. The molecule has 0 aromatic heterocycles. The predicted molar refractivity (Wildman–Crippen MR) is 99.0 cm³/mol. The molecule has 0 unspecified atom stereocenters. The van der Waals surface area contributed by atoms with Gasteiger partial charge in [-0.15, -0.1) is 0 Å². The van der Waals surface area contributed by atoms with Gasteiger partial charge in [0.25, 0.3) is 10.0 Å². The number of nitrogens with one attached hydrogen (secondary N) is 2. The van der Waals surface area contributed by atoms with Crippen LogP contribution in [0.3, 0.4) is 0 Å². The first-order chi connectivity index (χ1) is 12.0. The van der Waals surface area contributed by atoms with E-state index in [9.17, 15) is 21.2 Å². The fourth-order valence-electron chi connectivity index (χ4n) is 2.23. The van der Waals surface area contributed by atoms with E-state index in [2.05, 4.69) is 4.72 Å². The van der Waals surface area contributed by atoms with Gasteiger partial charge in [-0.3, -0.25) is 4.72 Å². The molecule has 0 saturated carbocycles. The Morgan fingerprint density at radius 2 is 1.54 bits per heavy atom. The SMILES string of the molecule is CNS(=O)(=O)c1cc(NS(=O)(=O)c2ccc(C)cc2)c(N(C)C)cc1F. The van der Waals surface area contributed by atoms with E-state index in [4.69, 9.17) is 0 Å². The minimum Gasteiger partial charge on any atom is -0.376 e. The molecule has 0 heterocycles. The van der Waals surface area contributed by atoms with Crippen molar-refractivity contribution in [1.29, 1.82) is 0 Å². The zero-order valence-electron chi connectivity index (χ0n) is 14.7. The van der Waals surface area contributed by atoms with Crippen molar-refractivity contribution >= 4 is 31.4 Å². The molecule has 26 heavy (non-hydrogen) atoms. The number of aryl methyl sites for hydroxylation is 1. The minimum absolute atomic E-state index is 0.00940. The Labute approximate surface area is 152 Å². The summed E-state index contributed by atoms with van der Waals surface area (Å²) in [4.78, 5) is 0.841. The highest BCUT2D eigenvalue weighted by molar-refractivity contribution is 7.92. The van der Waals surface area contributed by atoms with Crippen molar-refractivity contribution in [3.63, 3.8) is 0 Å². The van der Waals surface area contributed by atoms with Gasteiger partial charge in [0.15, 0.2) is 0 Å². The maximum atomic E-state index is 14.3. The van der Waals surface area contributed by atoms with Gasteiger partial charge in [0.1, 0.15) is 10.7 Å². The van der Waals surface area contributed by atoms with Crippen molar-refractivity contribution in [1.82, 2.24) is 4.72 Å². The molecule has 0 aliphatic rings. The normalized spacial score (nSPS) is 12.0. The van der Waals surface area contributed by atoms with Gasteiger partial charge < -0.3 is 4.90 Å². The lowest BCUT2D eigenvalue weighted by molar-refractivity contribution is 0.561. The summed E-state index contributed by atoms with van der Waals surface area (Å²) in [6, 6.07) is 8.08. The highest BCUT2D eigenvalue weighted by Crippen LogP contribution is 2.32. The Balaban J connectivity index is 2.60. The monoisotopic (exact) mass is 401 g/mol.